The molecular formula is C32H36FN5O3Si. The lowest BCUT2D eigenvalue weighted by Gasteiger charge is -2.30. The zero-order valence-corrected chi connectivity index (χ0v) is 25.3. The summed E-state index contributed by atoms with van der Waals surface area (Å²) in [5.74, 6) is 0.373. The van der Waals surface area contributed by atoms with E-state index in [0.717, 1.165) is 28.5 Å². The van der Waals surface area contributed by atoms with Gasteiger partial charge in [-0.3, -0.25) is 9.36 Å². The van der Waals surface area contributed by atoms with Gasteiger partial charge < -0.3 is 14.2 Å². The molecule has 1 aliphatic heterocycles. The zero-order valence-electron chi connectivity index (χ0n) is 24.3. The Morgan fingerprint density at radius 1 is 1.02 bits per heavy atom. The summed E-state index contributed by atoms with van der Waals surface area (Å²) in [6.45, 7) is 9.46. The molecule has 0 spiro atoms. The molecule has 218 valence electrons. The normalized spacial score (nSPS) is 14.8. The Balaban J connectivity index is 1.55. The number of benzene rings is 3. The fourth-order valence-electron chi connectivity index (χ4n) is 5.84. The molecule has 10 heteroatoms. The van der Waals surface area contributed by atoms with Crippen molar-refractivity contribution in [2.24, 2.45) is 5.18 Å². The van der Waals surface area contributed by atoms with Crippen molar-refractivity contribution in [1.82, 2.24) is 14.1 Å². The number of halogens is 1. The van der Waals surface area contributed by atoms with E-state index in [1.807, 2.05) is 24.3 Å². The minimum absolute atomic E-state index is 0.140. The number of imidazole rings is 1. The monoisotopic (exact) mass is 585 g/mol. The number of hydrogen-bond donors (Lipinski definition) is 0. The first-order valence-electron chi connectivity index (χ1n) is 14.6. The number of ether oxygens (including phenoxy) is 1. The van der Waals surface area contributed by atoms with Crippen molar-refractivity contribution in [3.63, 3.8) is 0 Å². The molecule has 8 nitrogen and oxygen atoms in total. The van der Waals surface area contributed by atoms with Crippen molar-refractivity contribution in [2.75, 3.05) is 24.6 Å². The number of nitrogens with zero attached hydrogens (tertiary/aromatic N) is 5. The number of pyridine rings is 1. The molecule has 0 N–H and O–H groups in total. The van der Waals surface area contributed by atoms with Crippen LogP contribution in [0.25, 0.3) is 32.6 Å². The Hall–Kier alpha value is -3.89. The van der Waals surface area contributed by atoms with Gasteiger partial charge in [-0.25, -0.2) is 9.37 Å². The van der Waals surface area contributed by atoms with Crippen LogP contribution < -0.4 is 10.5 Å². The Morgan fingerprint density at radius 2 is 1.79 bits per heavy atom. The highest BCUT2D eigenvalue weighted by molar-refractivity contribution is 6.76. The van der Waals surface area contributed by atoms with Crippen LogP contribution in [0.3, 0.4) is 0 Å². The second-order valence-electron chi connectivity index (χ2n) is 12.4. The van der Waals surface area contributed by atoms with Crippen LogP contribution in [0.4, 0.5) is 10.3 Å². The van der Waals surface area contributed by atoms with Crippen molar-refractivity contribution >= 4 is 46.6 Å². The average Bonchev–Trinajstić information content (AvgIpc) is 3.35. The van der Waals surface area contributed by atoms with Gasteiger partial charge in [0, 0.05) is 50.1 Å². The Morgan fingerprint density at radius 3 is 2.50 bits per heavy atom. The number of aromatic nitrogens is 3. The molecule has 2 aromatic heterocycles. The number of piperidine rings is 1. The van der Waals surface area contributed by atoms with Gasteiger partial charge in [-0.05, 0) is 48.7 Å². The van der Waals surface area contributed by atoms with Crippen LogP contribution in [0.1, 0.15) is 18.4 Å². The van der Waals surface area contributed by atoms with Gasteiger partial charge in [0.1, 0.15) is 12.5 Å². The molecule has 0 aliphatic carbocycles. The van der Waals surface area contributed by atoms with Crippen LogP contribution in [0.2, 0.25) is 25.7 Å². The molecule has 0 atom stereocenters. The topological polar surface area (TPSA) is 81.7 Å². The smallest absolute Gasteiger partial charge is 0.261 e. The Kier molecular flexibility index (Phi) is 7.67. The number of fused-ring (bicyclic) bond motifs is 6. The Bertz CT molecular complexity index is 1820. The largest absolute Gasteiger partial charge is 0.361 e. The number of anilines is 1. The van der Waals surface area contributed by atoms with Crippen LogP contribution in [0.15, 0.2) is 70.8 Å². The fraction of sp³-hybridized carbons (Fsp3) is 0.375. The summed E-state index contributed by atoms with van der Waals surface area (Å²) in [5.41, 5.74) is 2.43. The quantitative estimate of drug-likeness (QED) is 0.0828. The highest BCUT2D eigenvalue weighted by atomic mass is 28.3. The van der Waals surface area contributed by atoms with Gasteiger partial charge in [0.05, 0.1) is 29.0 Å². The number of rotatable bonds is 9. The summed E-state index contributed by atoms with van der Waals surface area (Å²) in [7, 11) is -1.27. The molecule has 0 bridgehead atoms. The molecular weight excluding hydrogens is 549 g/mol. The maximum atomic E-state index is 14.8. The third-order valence-electron chi connectivity index (χ3n) is 8.18. The molecule has 6 rings (SSSR count). The van der Waals surface area contributed by atoms with Gasteiger partial charge in [-0.1, -0.05) is 55.1 Å². The van der Waals surface area contributed by atoms with E-state index in [-0.39, 0.29) is 18.3 Å². The van der Waals surface area contributed by atoms with E-state index in [1.165, 1.54) is 12.1 Å². The lowest BCUT2D eigenvalue weighted by Crippen LogP contribution is -2.36. The third-order valence-corrected chi connectivity index (χ3v) is 9.88. The van der Waals surface area contributed by atoms with Gasteiger partial charge in [-0.2, -0.15) is 4.91 Å². The summed E-state index contributed by atoms with van der Waals surface area (Å²) in [6, 6.07) is 17.5. The van der Waals surface area contributed by atoms with E-state index in [0.29, 0.717) is 60.8 Å². The standard InChI is InChI=1S/C32H36FN5O3Si/c1-42(2,3)18-17-41-21-37-16-13-26-28(31(37)39)27-19-23(33)9-10-25(27)30-29(26)34-32(36-14-11-24(35-40)12-15-36)38(30)20-22-7-5-4-6-8-22/h4-10,13,16,19,24H,11-12,14-15,17-18,20-21H2,1-3H3. The summed E-state index contributed by atoms with van der Waals surface area (Å²) in [4.78, 5) is 32.5. The van der Waals surface area contributed by atoms with Crippen LogP contribution >= 0.6 is 0 Å². The van der Waals surface area contributed by atoms with E-state index in [1.54, 1.807) is 16.8 Å². The highest BCUT2D eigenvalue weighted by Gasteiger charge is 2.27. The van der Waals surface area contributed by atoms with Gasteiger partial charge in [0.25, 0.3) is 5.56 Å². The van der Waals surface area contributed by atoms with Crippen LogP contribution in [-0.4, -0.2) is 47.9 Å². The van der Waals surface area contributed by atoms with Crippen molar-refractivity contribution in [1.29, 1.82) is 0 Å². The molecule has 5 aromatic rings. The second kappa shape index (κ2) is 11.4. The lowest BCUT2D eigenvalue weighted by atomic mass is 10.0. The maximum Gasteiger partial charge on any atom is 0.261 e. The second-order valence-corrected chi connectivity index (χ2v) is 18.0. The fourth-order valence-corrected chi connectivity index (χ4v) is 6.59. The molecule has 1 fully saturated rings. The van der Waals surface area contributed by atoms with Crippen LogP contribution in [0.5, 0.6) is 0 Å². The molecule has 0 amide bonds. The first kappa shape index (κ1) is 28.2. The maximum absolute atomic E-state index is 14.8. The van der Waals surface area contributed by atoms with Crippen LogP contribution in [0, 0.1) is 10.7 Å². The van der Waals surface area contributed by atoms with Crippen molar-refractivity contribution in [3.8, 4) is 0 Å². The summed E-state index contributed by atoms with van der Waals surface area (Å²) < 4.78 is 24.4. The van der Waals surface area contributed by atoms with Gasteiger partial charge in [0.2, 0.25) is 5.95 Å². The van der Waals surface area contributed by atoms with E-state index in [2.05, 4.69) is 46.4 Å². The van der Waals surface area contributed by atoms with Gasteiger partial charge >= 0.3 is 0 Å². The zero-order chi connectivity index (χ0) is 29.4. The molecule has 3 heterocycles. The molecule has 1 aliphatic rings. The predicted octanol–water partition coefficient (Wildman–Crippen LogP) is 6.74. The van der Waals surface area contributed by atoms with E-state index in [9.17, 15) is 14.1 Å². The van der Waals surface area contributed by atoms with Crippen molar-refractivity contribution in [2.45, 2.75) is 57.8 Å². The molecule has 3 aromatic carbocycles. The Labute approximate surface area is 244 Å². The lowest BCUT2D eigenvalue weighted by molar-refractivity contribution is 0.0851. The summed E-state index contributed by atoms with van der Waals surface area (Å²) in [5, 5.41) is 5.72. The molecule has 42 heavy (non-hydrogen) atoms. The van der Waals surface area contributed by atoms with Crippen molar-refractivity contribution in [3.05, 3.63) is 87.4 Å². The highest BCUT2D eigenvalue weighted by Crippen LogP contribution is 2.37. The number of hydrogen-bond acceptors (Lipinski definition) is 6. The van der Waals surface area contributed by atoms with E-state index < -0.39 is 13.9 Å². The predicted molar refractivity (Wildman–Crippen MR) is 170 cm³/mol. The summed E-state index contributed by atoms with van der Waals surface area (Å²) >= 11 is 0. The third kappa shape index (κ3) is 5.48. The molecule has 0 radical (unpaired) electrons. The molecule has 1 saturated heterocycles. The van der Waals surface area contributed by atoms with Gasteiger partial charge in [-0.15, -0.1) is 0 Å². The molecule has 0 saturated carbocycles. The van der Waals surface area contributed by atoms with Crippen LogP contribution in [-0.2, 0) is 18.0 Å². The minimum atomic E-state index is -1.27. The molecule has 0 unspecified atom stereocenters. The SMILES string of the molecule is C[Si](C)(C)CCOCn1ccc2c3nc(N4CCC(N=O)CC4)n(Cc4ccccc4)c3c3ccc(F)cc3c2c1=O. The van der Waals surface area contributed by atoms with E-state index >= 15 is 0 Å². The first-order valence-corrected chi connectivity index (χ1v) is 18.3. The number of nitroso groups, excluding NO2 is 1. The first-order chi connectivity index (χ1) is 20.2. The average molecular weight is 586 g/mol. The van der Waals surface area contributed by atoms with Gasteiger partial charge in [0.15, 0.2) is 0 Å². The van der Waals surface area contributed by atoms with Crippen molar-refractivity contribution < 1.29 is 9.13 Å². The summed E-state index contributed by atoms with van der Waals surface area (Å²) in [6.07, 6.45) is 3.07. The minimum Gasteiger partial charge on any atom is -0.361 e. The van der Waals surface area contributed by atoms with E-state index in [4.69, 9.17) is 9.72 Å².